The van der Waals surface area contributed by atoms with Gasteiger partial charge in [0.1, 0.15) is 0 Å². The molecule has 0 spiro atoms. The van der Waals surface area contributed by atoms with Gasteiger partial charge in [-0.1, -0.05) is 6.07 Å². The second-order valence-corrected chi connectivity index (χ2v) is 7.01. The van der Waals surface area contributed by atoms with Gasteiger partial charge in [0.25, 0.3) is 5.91 Å². The standard InChI is InChI=1S/C18H17F3N2O2S/c19-14-5-4-13(16(20)17(14)21)18(25)23-9-7-22(8-10-23)15(24)6-3-12-2-1-11-26-12/h1-2,4-5,11H,3,6-10H2. The van der Waals surface area contributed by atoms with Crippen molar-refractivity contribution in [2.75, 3.05) is 26.2 Å². The van der Waals surface area contributed by atoms with Crippen LogP contribution < -0.4 is 0 Å². The number of piperazine rings is 1. The Kier molecular flexibility index (Phi) is 5.61. The molecular weight excluding hydrogens is 365 g/mol. The highest BCUT2D eigenvalue weighted by molar-refractivity contribution is 7.09. The van der Waals surface area contributed by atoms with E-state index in [1.807, 2.05) is 17.5 Å². The summed E-state index contributed by atoms with van der Waals surface area (Å²) >= 11 is 1.60. The molecule has 138 valence electrons. The van der Waals surface area contributed by atoms with Crippen LogP contribution in [0, 0.1) is 17.5 Å². The summed E-state index contributed by atoms with van der Waals surface area (Å²) in [6.07, 6.45) is 1.07. The fraction of sp³-hybridized carbons (Fsp3) is 0.333. The van der Waals surface area contributed by atoms with Crippen LogP contribution in [0.5, 0.6) is 0 Å². The summed E-state index contributed by atoms with van der Waals surface area (Å²) in [5.74, 6) is -5.17. The highest BCUT2D eigenvalue weighted by atomic mass is 32.1. The first-order valence-corrected chi connectivity index (χ1v) is 9.08. The maximum absolute atomic E-state index is 13.8. The van der Waals surface area contributed by atoms with Crippen molar-refractivity contribution in [2.45, 2.75) is 12.8 Å². The quantitative estimate of drug-likeness (QED) is 0.763. The summed E-state index contributed by atoms with van der Waals surface area (Å²) in [5.41, 5.74) is -0.499. The molecule has 2 heterocycles. The van der Waals surface area contributed by atoms with Crippen molar-refractivity contribution < 1.29 is 22.8 Å². The van der Waals surface area contributed by atoms with Crippen molar-refractivity contribution in [3.8, 4) is 0 Å². The molecule has 1 fully saturated rings. The van der Waals surface area contributed by atoms with E-state index < -0.39 is 28.9 Å². The lowest BCUT2D eigenvalue weighted by Crippen LogP contribution is -2.50. The monoisotopic (exact) mass is 382 g/mol. The number of aryl methyl sites for hydroxylation is 1. The molecule has 1 aliphatic heterocycles. The van der Waals surface area contributed by atoms with E-state index >= 15 is 0 Å². The van der Waals surface area contributed by atoms with Crippen LogP contribution in [0.3, 0.4) is 0 Å². The maximum Gasteiger partial charge on any atom is 0.257 e. The zero-order valence-electron chi connectivity index (χ0n) is 13.9. The zero-order valence-corrected chi connectivity index (χ0v) is 14.7. The third-order valence-electron chi connectivity index (χ3n) is 4.35. The van der Waals surface area contributed by atoms with Gasteiger partial charge in [-0.15, -0.1) is 11.3 Å². The topological polar surface area (TPSA) is 40.6 Å². The number of thiophene rings is 1. The number of carbonyl (C=O) groups excluding carboxylic acids is 2. The van der Waals surface area contributed by atoms with Crippen LogP contribution in [0.15, 0.2) is 29.6 Å². The summed E-state index contributed by atoms with van der Waals surface area (Å²) in [7, 11) is 0. The Morgan fingerprint density at radius 1 is 0.962 bits per heavy atom. The third kappa shape index (κ3) is 3.90. The van der Waals surface area contributed by atoms with Gasteiger partial charge in [-0.25, -0.2) is 13.2 Å². The Morgan fingerprint density at radius 3 is 2.31 bits per heavy atom. The minimum Gasteiger partial charge on any atom is -0.339 e. The molecule has 0 atom stereocenters. The Balaban J connectivity index is 1.55. The van der Waals surface area contributed by atoms with Gasteiger partial charge >= 0.3 is 0 Å². The largest absolute Gasteiger partial charge is 0.339 e. The molecule has 0 unspecified atom stereocenters. The van der Waals surface area contributed by atoms with E-state index in [1.54, 1.807) is 16.2 Å². The maximum atomic E-state index is 13.8. The van der Waals surface area contributed by atoms with E-state index in [1.165, 1.54) is 4.90 Å². The molecule has 1 saturated heterocycles. The van der Waals surface area contributed by atoms with Gasteiger partial charge in [0.05, 0.1) is 5.56 Å². The number of hydrogen-bond acceptors (Lipinski definition) is 3. The first kappa shape index (κ1) is 18.4. The highest BCUT2D eigenvalue weighted by Gasteiger charge is 2.27. The van der Waals surface area contributed by atoms with Crippen LogP contribution in [0.4, 0.5) is 13.2 Å². The van der Waals surface area contributed by atoms with Crippen molar-refractivity contribution in [1.82, 2.24) is 9.80 Å². The molecule has 1 aromatic carbocycles. The molecule has 4 nitrogen and oxygen atoms in total. The summed E-state index contributed by atoms with van der Waals surface area (Å²) in [5, 5.41) is 1.96. The Labute approximate surface area is 152 Å². The molecule has 0 N–H and O–H groups in total. The van der Waals surface area contributed by atoms with Crippen molar-refractivity contribution in [3.63, 3.8) is 0 Å². The van der Waals surface area contributed by atoms with Gasteiger partial charge in [-0.05, 0) is 30.0 Å². The molecule has 2 aromatic rings. The number of carbonyl (C=O) groups is 2. The van der Waals surface area contributed by atoms with Crippen molar-refractivity contribution in [1.29, 1.82) is 0 Å². The van der Waals surface area contributed by atoms with Gasteiger partial charge in [0.2, 0.25) is 5.91 Å². The van der Waals surface area contributed by atoms with Gasteiger partial charge in [-0.2, -0.15) is 0 Å². The van der Waals surface area contributed by atoms with E-state index in [0.717, 1.165) is 17.0 Å². The molecule has 1 aliphatic rings. The lowest BCUT2D eigenvalue weighted by molar-refractivity contribution is -0.132. The van der Waals surface area contributed by atoms with Gasteiger partial charge < -0.3 is 9.80 Å². The summed E-state index contributed by atoms with van der Waals surface area (Å²) in [6.45, 7) is 1.12. The Hall–Kier alpha value is -2.35. The number of nitrogens with zero attached hydrogens (tertiary/aromatic N) is 2. The molecular formula is C18H17F3N2O2S. The number of amides is 2. The second-order valence-electron chi connectivity index (χ2n) is 5.98. The minimum atomic E-state index is -1.65. The van der Waals surface area contributed by atoms with Crippen LogP contribution in [0.25, 0.3) is 0 Å². The van der Waals surface area contributed by atoms with E-state index in [2.05, 4.69) is 0 Å². The highest BCUT2D eigenvalue weighted by Crippen LogP contribution is 2.18. The number of benzene rings is 1. The van der Waals surface area contributed by atoms with Crippen LogP contribution >= 0.6 is 11.3 Å². The number of hydrogen-bond donors (Lipinski definition) is 0. The molecule has 0 aliphatic carbocycles. The van der Waals surface area contributed by atoms with Crippen molar-refractivity contribution in [3.05, 3.63) is 57.5 Å². The predicted molar refractivity (Wildman–Crippen MR) is 91.4 cm³/mol. The van der Waals surface area contributed by atoms with Crippen LogP contribution in [0.2, 0.25) is 0 Å². The van der Waals surface area contributed by atoms with Crippen LogP contribution in [-0.4, -0.2) is 47.8 Å². The van der Waals surface area contributed by atoms with E-state index in [-0.39, 0.29) is 19.0 Å². The first-order chi connectivity index (χ1) is 12.5. The summed E-state index contributed by atoms with van der Waals surface area (Å²) in [4.78, 5) is 28.7. The van der Waals surface area contributed by atoms with Crippen LogP contribution in [0.1, 0.15) is 21.7 Å². The smallest absolute Gasteiger partial charge is 0.257 e. The summed E-state index contributed by atoms with van der Waals surface area (Å²) < 4.78 is 40.1. The van der Waals surface area contributed by atoms with Gasteiger partial charge in [0, 0.05) is 37.5 Å². The molecule has 2 amide bonds. The Morgan fingerprint density at radius 2 is 1.65 bits per heavy atom. The fourth-order valence-electron chi connectivity index (χ4n) is 2.86. The van der Waals surface area contributed by atoms with Crippen molar-refractivity contribution >= 4 is 23.2 Å². The van der Waals surface area contributed by atoms with E-state index in [9.17, 15) is 22.8 Å². The number of halogens is 3. The molecule has 0 bridgehead atoms. The fourth-order valence-corrected chi connectivity index (χ4v) is 3.57. The minimum absolute atomic E-state index is 0.00417. The molecule has 0 radical (unpaired) electrons. The van der Waals surface area contributed by atoms with Crippen LogP contribution in [-0.2, 0) is 11.2 Å². The average molecular weight is 382 g/mol. The van der Waals surface area contributed by atoms with Crippen molar-refractivity contribution in [2.24, 2.45) is 0 Å². The van der Waals surface area contributed by atoms with Gasteiger partial charge in [-0.3, -0.25) is 9.59 Å². The molecule has 26 heavy (non-hydrogen) atoms. The third-order valence-corrected chi connectivity index (χ3v) is 5.29. The average Bonchev–Trinajstić information content (AvgIpc) is 3.17. The zero-order chi connectivity index (χ0) is 18.7. The molecule has 3 rings (SSSR count). The molecule has 8 heteroatoms. The number of rotatable bonds is 4. The van der Waals surface area contributed by atoms with Gasteiger partial charge in [0.15, 0.2) is 17.5 Å². The van der Waals surface area contributed by atoms with E-state index in [4.69, 9.17) is 0 Å². The SMILES string of the molecule is O=C(CCc1cccs1)N1CCN(C(=O)c2ccc(F)c(F)c2F)CC1. The predicted octanol–water partition coefficient (Wildman–Crippen LogP) is 3.08. The molecule has 1 aromatic heterocycles. The summed E-state index contributed by atoms with van der Waals surface area (Å²) in [6, 6.07) is 5.59. The lowest BCUT2D eigenvalue weighted by atomic mass is 10.1. The molecule has 0 saturated carbocycles. The second kappa shape index (κ2) is 7.90. The first-order valence-electron chi connectivity index (χ1n) is 8.20. The lowest BCUT2D eigenvalue weighted by Gasteiger charge is -2.35. The Bertz CT molecular complexity index is 803. The normalized spacial score (nSPS) is 14.6. The van der Waals surface area contributed by atoms with E-state index in [0.29, 0.717) is 25.9 Å².